The molecule has 2 heterocycles. The van der Waals surface area contributed by atoms with Crippen molar-refractivity contribution in [2.75, 3.05) is 12.4 Å². The third-order valence-corrected chi connectivity index (χ3v) is 3.09. The van der Waals surface area contributed by atoms with E-state index < -0.39 is 0 Å². The molecule has 20 heavy (non-hydrogen) atoms. The summed E-state index contributed by atoms with van der Waals surface area (Å²) < 4.78 is 5.80. The number of ether oxygens (including phenoxy) is 1. The van der Waals surface area contributed by atoms with Gasteiger partial charge in [-0.15, -0.1) is 0 Å². The largest absolute Gasteiger partial charge is 0.436 e. The molecule has 0 radical (unpaired) electrons. The number of aryl methyl sites for hydroxylation is 1. The van der Waals surface area contributed by atoms with Crippen LogP contribution in [-0.4, -0.2) is 27.2 Å². The molecule has 0 unspecified atom stereocenters. The van der Waals surface area contributed by atoms with Gasteiger partial charge in [0.25, 0.3) is 0 Å². The zero-order valence-corrected chi connectivity index (χ0v) is 11.7. The Labute approximate surface area is 120 Å². The van der Waals surface area contributed by atoms with Crippen LogP contribution in [0.2, 0.25) is 5.02 Å². The van der Waals surface area contributed by atoms with E-state index in [0.717, 1.165) is 5.56 Å². The average molecular weight is 290 g/mol. The maximum atomic E-state index is 6.17. The maximum Gasteiger partial charge on any atom is 0.235 e. The maximum absolute atomic E-state index is 6.17. The summed E-state index contributed by atoms with van der Waals surface area (Å²) in [6, 6.07) is 5.57. The second-order valence-corrected chi connectivity index (χ2v) is 4.68. The average Bonchev–Trinajstić information content (AvgIpc) is 2.90. The topological polar surface area (TPSA) is 75.7 Å². The molecule has 1 aromatic carbocycles. The second kappa shape index (κ2) is 4.97. The summed E-state index contributed by atoms with van der Waals surface area (Å²) in [5.74, 6) is 1.39. The first-order chi connectivity index (χ1) is 9.67. The number of benzene rings is 1. The normalized spacial score (nSPS) is 10.8. The van der Waals surface area contributed by atoms with Crippen LogP contribution in [0, 0.1) is 6.92 Å². The van der Waals surface area contributed by atoms with Crippen LogP contribution >= 0.6 is 11.6 Å². The molecule has 0 amide bonds. The van der Waals surface area contributed by atoms with Gasteiger partial charge >= 0.3 is 0 Å². The molecule has 102 valence electrons. The van der Waals surface area contributed by atoms with Crippen molar-refractivity contribution < 1.29 is 4.74 Å². The zero-order valence-electron chi connectivity index (χ0n) is 10.9. The minimum Gasteiger partial charge on any atom is -0.436 e. The minimum absolute atomic E-state index is 0.402. The van der Waals surface area contributed by atoms with Crippen molar-refractivity contribution in [2.45, 2.75) is 6.92 Å². The Bertz CT molecular complexity index is 771. The molecule has 0 bridgehead atoms. The van der Waals surface area contributed by atoms with Crippen LogP contribution in [0.15, 0.2) is 24.4 Å². The summed E-state index contributed by atoms with van der Waals surface area (Å²) in [6.07, 6.45) is 1.62. The quantitative estimate of drug-likeness (QED) is 0.774. The number of hydrogen-bond donors (Lipinski definition) is 2. The van der Waals surface area contributed by atoms with E-state index in [1.807, 2.05) is 25.1 Å². The van der Waals surface area contributed by atoms with Crippen molar-refractivity contribution in [2.24, 2.45) is 0 Å². The molecule has 0 aliphatic carbocycles. The summed E-state index contributed by atoms with van der Waals surface area (Å²) in [6.45, 7) is 1.97. The van der Waals surface area contributed by atoms with E-state index in [0.29, 0.717) is 33.6 Å². The van der Waals surface area contributed by atoms with Gasteiger partial charge < -0.3 is 10.1 Å². The predicted octanol–water partition coefficient (Wildman–Crippen LogP) is 3.15. The number of aromatic amines is 1. The fourth-order valence-corrected chi connectivity index (χ4v) is 2.06. The highest BCUT2D eigenvalue weighted by Gasteiger charge is 2.12. The SMILES string of the molecule is CNc1nc(Oc2ccc(C)cc2Cl)c2cn[nH]c2n1. The van der Waals surface area contributed by atoms with Gasteiger partial charge in [-0.25, -0.2) is 0 Å². The van der Waals surface area contributed by atoms with Crippen LogP contribution in [0.5, 0.6) is 11.6 Å². The van der Waals surface area contributed by atoms with Crippen LogP contribution < -0.4 is 10.1 Å². The van der Waals surface area contributed by atoms with Crippen molar-refractivity contribution in [3.05, 3.63) is 35.0 Å². The van der Waals surface area contributed by atoms with Gasteiger partial charge in [0.1, 0.15) is 11.1 Å². The highest BCUT2D eigenvalue weighted by molar-refractivity contribution is 6.32. The third-order valence-electron chi connectivity index (χ3n) is 2.79. The second-order valence-electron chi connectivity index (χ2n) is 4.27. The molecule has 3 rings (SSSR count). The molecule has 7 heteroatoms. The predicted molar refractivity (Wildman–Crippen MR) is 77.5 cm³/mol. The number of halogens is 1. The lowest BCUT2D eigenvalue weighted by Crippen LogP contribution is -1.99. The van der Waals surface area contributed by atoms with Gasteiger partial charge in [-0.05, 0) is 24.6 Å². The van der Waals surface area contributed by atoms with Gasteiger partial charge in [0.2, 0.25) is 11.8 Å². The monoisotopic (exact) mass is 289 g/mol. The van der Waals surface area contributed by atoms with Gasteiger partial charge in [-0.3, -0.25) is 5.10 Å². The number of rotatable bonds is 3. The zero-order chi connectivity index (χ0) is 14.1. The van der Waals surface area contributed by atoms with Gasteiger partial charge in [0.05, 0.1) is 11.2 Å². The van der Waals surface area contributed by atoms with Gasteiger partial charge in [-0.1, -0.05) is 17.7 Å². The lowest BCUT2D eigenvalue weighted by Gasteiger charge is -2.09. The molecule has 0 saturated heterocycles. The Morgan fingerprint density at radius 2 is 2.15 bits per heavy atom. The Morgan fingerprint density at radius 3 is 2.90 bits per heavy atom. The van der Waals surface area contributed by atoms with Gasteiger partial charge in [0, 0.05) is 7.05 Å². The Balaban J connectivity index is 2.07. The Morgan fingerprint density at radius 1 is 1.30 bits per heavy atom. The van der Waals surface area contributed by atoms with Crippen molar-refractivity contribution in [1.29, 1.82) is 0 Å². The van der Waals surface area contributed by atoms with E-state index in [2.05, 4.69) is 25.5 Å². The molecular weight excluding hydrogens is 278 g/mol. The summed E-state index contributed by atoms with van der Waals surface area (Å²) in [5.41, 5.74) is 1.66. The number of nitrogens with zero attached hydrogens (tertiary/aromatic N) is 3. The first-order valence-corrected chi connectivity index (χ1v) is 6.38. The van der Waals surface area contributed by atoms with Crippen LogP contribution in [-0.2, 0) is 0 Å². The van der Waals surface area contributed by atoms with E-state index >= 15 is 0 Å². The van der Waals surface area contributed by atoms with Crippen LogP contribution in [0.25, 0.3) is 11.0 Å². The lowest BCUT2D eigenvalue weighted by atomic mass is 10.2. The molecular formula is C13H12ClN5O. The van der Waals surface area contributed by atoms with Crippen LogP contribution in [0.1, 0.15) is 5.56 Å². The van der Waals surface area contributed by atoms with E-state index in [1.54, 1.807) is 13.2 Å². The molecule has 6 nitrogen and oxygen atoms in total. The Hall–Kier alpha value is -2.34. The summed E-state index contributed by atoms with van der Waals surface area (Å²) in [4.78, 5) is 8.53. The van der Waals surface area contributed by atoms with Crippen molar-refractivity contribution in [1.82, 2.24) is 20.2 Å². The molecule has 0 fully saturated rings. The molecule has 2 N–H and O–H groups in total. The van der Waals surface area contributed by atoms with E-state index in [9.17, 15) is 0 Å². The van der Waals surface area contributed by atoms with E-state index in [-0.39, 0.29) is 0 Å². The fourth-order valence-electron chi connectivity index (χ4n) is 1.79. The van der Waals surface area contributed by atoms with Gasteiger partial charge in [-0.2, -0.15) is 15.1 Å². The highest BCUT2D eigenvalue weighted by atomic mass is 35.5. The minimum atomic E-state index is 0.402. The van der Waals surface area contributed by atoms with Crippen LogP contribution in [0.4, 0.5) is 5.95 Å². The highest BCUT2D eigenvalue weighted by Crippen LogP contribution is 2.32. The molecule has 0 aliphatic heterocycles. The number of anilines is 1. The summed E-state index contributed by atoms with van der Waals surface area (Å²) in [7, 11) is 1.74. The molecule has 0 aliphatic rings. The molecule has 0 atom stereocenters. The molecule has 0 saturated carbocycles. The number of fused-ring (bicyclic) bond motifs is 1. The van der Waals surface area contributed by atoms with Gasteiger partial charge in [0.15, 0.2) is 5.65 Å². The van der Waals surface area contributed by atoms with Crippen molar-refractivity contribution >= 4 is 28.6 Å². The van der Waals surface area contributed by atoms with Crippen molar-refractivity contribution in [3.63, 3.8) is 0 Å². The standard InChI is InChI=1S/C13H12ClN5O/c1-7-3-4-10(9(14)5-7)20-12-8-6-16-19-11(8)17-13(15-2)18-12/h3-6H,1-2H3,(H2,15,16,17,18,19). The number of H-pyrrole nitrogens is 1. The molecule has 0 spiro atoms. The number of aromatic nitrogens is 4. The first kappa shape index (κ1) is 12.7. The number of hydrogen-bond acceptors (Lipinski definition) is 5. The lowest BCUT2D eigenvalue weighted by molar-refractivity contribution is 0.469. The molecule has 3 aromatic rings. The number of nitrogens with one attached hydrogen (secondary N) is 2. The summed E-state index contributed by atoms with van der Waals surface area (Å²) >= 11 is 6.17. The van der Waals surface area contributed by atoms with Crippen molar-refractivity contribution in [3.8, 4) is 11.6 Å². The van der Waals surface area contributed by atoms with E-state index in [4.69, 9.17) is 16.3 Å². The Kier molecular flexibility index (Phi) is 3.15. The van der Waals surface area contributed by atoms with E-state index in [1.165, 1.54) is 0 Å². The first-order valence-electron chi connectivity index (χ1n) is 6.00. The third kappa shape index (κ3) is 2.25. The smallest absolute Gasteiger partial charge is 0.235 e. The fraction of sp³-hybridized carbons (Fsp3) is 0.154. The summed E-state index contributed by atoms with van der Waals surface area (Å²) in [5, 5.41) is 10.8. The molecule has 2 aromatic heterocycles. The van der Waals surface area contributed by atoms with Crippen LogP contribution in [0.3, 0.4) is 0 Å².